The Kier molecular flexibility index (Phi) is 3.01. The van der Waals surface area contributed by atoms with Gasteiger partial charge in [-0.25, -0.2) is 0 Å². The fourth-order valence-electron chi connectivity index (χ4n) is 3.14. The van der Waals surface area contributed by atoms with Crippen molar-refractivity contribution < 1.29 is 9.90 Å². The van der Waals surface area contributed by atoms with Crippen LogP contribution in [0.5, 0.6) is 0 Å². The molecule has 3 nitrogen and oxygen atoms in total. The van der Waals surface area contributed by atoms with E-state index in [-0.39, 0.29) is 12.0 Å². The third-order valence-corrected chi connectivity index (χ3v) is 4.35. The summed E-state index contributed by atoms with van der Waals surface area (Å²) in [5, 5.41) is 12.4. The average molecular weight is 211 g/mol. The summed E-state index contributed by atoms with van der Waals surface area (Å²) in [5.41, 5.74) is 0. The highest BCUT2D eigenvalue weighted by Crippen LogP contribution is 2.44. The number of carbonyl (C=O) groups is 1. The van der Waals surface area contributed by atoms with E-state index in [2.05, 4.69) is 5.32 Å². The number of nitrogens with one attached hydrogen (secondary N) is 1. The van der Waals surface area contributed by atoms with Crippen LogP contribution < -0.4 is 5.32 Å². The maximum atomic E-state index is 10.8. The lowest BCUT2D eigenvalue weighted by Crippen LogP contribution is -2.44. The molecule has 0 aliphatic heterocycles. The topological polar surface area (TPSA) is 49.3 Å². The van der Waals surface area contributed by atoms with E-state index in [0.717, 1.165) is 11.8 Å². The molecule has 2 saturated carbocycles. The van der Waals surface area contributed by atoms with Gasteiger partial charge in [-0.3, -0.25) is 4.79 Å². The summed E-state index contributed by atoms with van der Waals surface area (Å²) in [4.78, 5) is 10.8. The summed E-state index contributed by atoms with van der Waals surface area (Å²) in [5.74, 6) is 0.751. The van der Waals surface area contributed by atoms with Gasteiger partial charge in [0.1, 0.15) is 0 Å². The van der Waals surface area contributed by atoms with Crippen molar-refractivity contribution in [1.29, 1.82) is 0 Å². The molecule has 86 valence electrons. The van der Waals surface area contributed by atoms with E-state index in [1.807, 2.05) is 6.92 Å². The van der Waals surface area contributed by atoms with Gasteiger partial charge in [0.15, 0.2) is 0 Å². The van der Waals surface area contributed by atoms with E-state index < -0.39 is 5.97 Å². The smallest absolute Gasteiger partial charge is 0.307 e. The summed E-state index contributed by atoms with van der Waals surface area (Å²) in [7, 11) is 0. The van der Waals surface area contributed by atoms with E-state index in [1.54, 1.807) is 6.92 Å². The number of hydrogen-bond donors (Lipinski definition) is 2. The Morgan fingerprint density at radius 2 is 2.07 bits per heavy atom. The lowest BCUT2D eigenvalue weighted by Gasteiger charge is -2.28. The van der Waals surface area contributed by atoms with Crippen LogP contribution in [0.2, 0.25) is 0 Å². The van der Waals surface area contributed by atoms with Crippen LogP contribution in [0.15, 0.2) is 0 Å². The molecule has 0 spiro atoms. The van der Waals surface area contributed by atoms with Gasteiger partial charge in [-0.1, -0.05) is 13.3 Å². The van der Waals surface area contributed by atoms with E-state index in [4.69, 9.17) is 5.11 Å². The molecule has 2 N–H and O–H groups in total. The van der Waals surface area contributed by atoms with Crippen LogP contribution in [0.1, 0.15) is 39.5 Å². The molecular weight excluding hydrogens is 190 g/mol. The summed E-state index contributed by atoms with van der Waals surface area (Å²) in [6.45, 7) is 3.78. The summed E-state index contributed by atoms with van der Waals surface area (Å²) >= 11 is 0. The summed E-state index contributed by atoms with van der Waals surface area (Å²) in [6.07, 6.45) is 5.37. The van der Waals surface area contributed by atoms with Gasteiger partial charge in [-0.2, -0.15) is 0 Å². The fraction of sp³-hybridized carbons (Fsp3) is 0.917. The van der Waals surface area contributed by atoms with Crippen molar-refractivity contribution in [3.8, 4) is 0 Å². The number of carboxylic acids is 1. The standard InChI is InChI=1S/C12H21NO2/c1-7(12(14)15)8(2)13-11-6-9-3-4-10(11)5-9/h7-11,13H,3-6H2,1-2H3,(H,14,15). The molecule has 5 atom stereocenters. The zero-order chi connectivity index (χ0) is 11.0. The van der Waals surface area contributed by atoms with Crippen molar-refractivity contribution in [2.45, 2.75) is 51.6 Å². The zero-order valence-corrected chi connectivity index (χ0v) is 9.57. The highest BCUT2D eigenvalue weighted by Gasteiger charge is 2.40. The second-order valence-corrected chi connectivity index (χ2v) is 5.36. The van der Waals surface area contributed by atoms with Crippen molar-refractivity contribution >= 4 is 5.97 Å². The van der Waals surface area contributed by atoms with Crippen LogP contribution in [0, 0.1) is 17.8 Å². The van der Waals surface area contributed by atoms with E-state index in [0.29, 0.717) is 6.04 Å². The average Bonchev–Trinajstić information content (AvgIpc) is 2.77. The fourth-order valence-corrected chi connectivity index (χ4v) is 3.14. The monoisotopic (exact) mass is 211 g/mol. The van der Waals surface area contributed by atoms with Crippen molar-refractivity contribution in [3.05, 3.63) is 0 Å². The molecule has 0 radical (unpaired) electrons. The number of carboxylic acid groups (broad SMARTS) is 1. The Labute approximate surface area is 91.2 Å². The number of aliphatic carboxylic acids is 1. The van der Waals surface area contributed by atoms with Gasteiger partial charge in [-0.15, -0.1) is 0 Å². The van der Waals surface area contributed by atoms with Gasteiger partial charge >= 0.3 is 5.97 Å². The molecule has 2 aliphatic rings. The molecule has 0 amide bonds. The predicted octanol–water partition coefficient (Wildman–Crippen LogP) is 1.87. The van der Waals surface area contributed by atoms with E-state index in [9.17, 15) is 4.79 Å². The first-order valence-electron chi connectivity index (χ1n) is 6.06. The normalized spacial score (nSPS) is 37.9. The van der Waals surface area contributed by atoms with Crippen LogP contribution in [0.25, 0.3) is 0 Å². The minimum absolute atomic E-state index is 0.0897. The van der Waals surface area contributed by atoms with Crippen LogP contribution >= 0.6 is 0 Å². The molecule has 2 bridgehead atoms. The second-order valence-electron chi connectivity index (χ2n) is 5.36. The molecule has 0 aromatic heterocycles. The molecule has 0 saturated heterocycles. The molecule has 15 heavy (non-hydrogen) atoms. The first-order chi connectivity index (χ1) is 7.08. The molecule has 2 fully saturated rings. The molecule has 0 aromatic rings. The Morgan fingerprint density at radius 3 is 2.53 bits per heavy atom. The van der Waals surface area contributed by atoms with Crippen molar-refractivity contribution in [3.63, 3.8) is 0 Å². The Balaban J connectivity index is 1.84. The molecular formula is C12H21NO2. The first-order valence-corrected chi connectivity index (χ1v) is 6.06. The highest BCUT2D eigenvalue weighted by molar-refractivity contribution is 5.70. The van der Waals surface area contributed by atoms with Gasteiger partial charge in [0.25, 0.3) is 0 Å². The van der Waals surface area contributed by atoms with Crippen molar-refractivity contribution in [2.24, 2.45) is 17.8 Å². The number of fused-ring (bicyclic) bond motifs is 2. The second kappa shape index (κ2) is 4.12. The summed E-state index contributed by atoms with van der Waals surface area (Å²) < 4.78 is 0. The first kappa shape index (κ1) is 10.9. The third kappa shape index (κ3) is 2.17. The van der Waals surface area contributed by atoms with Gasteiger partial charge in [0.2, 0.25) is 0 Å². The lowest BCUT2D eigenvalue weighted by molar-refractivity contribution is -0.142. The lowest BCUT2D eigenvalue weighted by atomic mass is 9.93. The van der Waals surface area contributed by atoms with Crippen LogP contribution in [0.4, 0.5) is 0 Å². The van der Waals surface area contributed by atoms with Gasteiger partial charge in [0, 0.05) is 12.1 Å². The van der Waals surface area contributed by atoms with Crippen LogP contribution in [-0.2, 0) is 4.79 Å². The van der Waals surface area contributed by atoms with Crippen molar-refractivity contribution in [1.82, 2.24) is 5.32 Å². The molecule has 2 rings (SSSR count). The maximum Gasteiger partial charge on any atom is 0.307 e. The molecule has 2 aliphatic carbocycles. The SMILES string of the molecule is CC(NC1CC2CCC1C2)C(C)C(=O)O. The number of rotatable bonds is 4. The van der Waals surface area contributed by atoms with E-state index in [1.165, 1.54) is 25.7 Å². The Hall–Kier alpha value is -0.570. The molecule has 0 heterocycles. The summed E-state index contributed by atoms with van der Waals surface area (Å²) in [6, 6.07) is 0.674. The van der Waals surface area contributed by atoms with Gasteiger partial charge in [-0.05, 0) is 38.0 Å². The molecule has 5 unspecified atom stereocenters. The third-order valence-electron chi connectivity index (χ3n) is 4.35. The van der Waals surface area contributed by atoms with E-state index >= 15 is 0 Å². The minimum Gasteiger partial charge on any atom is -0.481 e. The van der Waals surface area contributed by atoms with Gasteiger partial charge in [0.05, 0.1) is 5.92 Å². The minimum atomic E-state index is -0.696. The van der Waals surface area contributed by atoms with Gasteiger partial charge < -0.3 is 10.4 Å². The predicted molar refractivity (Wildman–Crippen MR) is 58.6 cm³/mol. The Bertz CT molecular complexity index is 254. The molecule has 0 aromatic carbocycles. The largest absolute Gasteiger partial charge is 0.481 e. The zero-order valence-electron chi connectivity index (χ0n) is 9.57. The van der Waals surface area contributed by atoms with Crippen LogP contribution in [-0.4, -0.2) is 23.2 Å². The highest BCUT2D eigenvalue weighted by atomic mass is 16.4. The maximum absolute atomic E-state index is 10.8. The Morgan fingerprint density at radius 1 is 1.33 bits per heavy atom. The van der Waals surface area contributed by atoms with Crippen molar-refractivity contribution in [2.75, 3.05) is 0 Å². The quantitative estimate of drug-likeness (QED) is 0.746. The molecule has 3 heteroatoms. The van der Waals surface area contributed by atoms with Crippen LogP contribution in [0.3, 0.4) is 0 Å². The number of hydrogen-bond acceptors (Lipinski definition) is 2.